The summed E-state index contributed by atoms with van der Waals surface area (Å²) in [7, 11) is 1.22. The van der Waals surface area contributed by atoms with E-state index >= 15 is 0 Å². The van der Waals surface area contributed by atoms with Gasteiger partial charge in [-0.05, 0) is 16.7 Å². The van der Waals surface area contributed by atoms with Crippen LogP contribution in [-0.4, -0.2) is 62.3 Å². The van der Waals surface area contributed by atoms with Crippen molar-refractivity contribution in [2.75, 3.05) is 26.9 Å². The molecule has 0 bridgehead atoms. The van der Waals surface area contributed by atoms with E-state index < -0.39 is 30.3 Å². The highest BCUT2D eigenvalue weighted by Gasteiger charge is 2.27. The van der Waals surface area contributed by atoms with E-state index in [-0.39, 0.29) is 39.6 Å². The van der Waals surface area contributed by atoms with Crippen molar-refractivity contribution in [3.05, 3.63) is 108 Å². The predicted octanol–water partition coefficient (Wildman–Crippen LogP) is 3.63. The number of hydrogen-bond acceptors (Lipinski definition) is 8. The van der Waals surface area contributed by atoms with Gasteiger partial charge >= 0.3 is 12.1 Å². The minimum Gasteiger partial charge on any atom is -0.467 e. The van der Waals surface area contributed by atoms with Gasteiger partial charge in [-0.2, -0.15) is 0 Å². The van der Waals surface area contributed by atoms with Gasteiger partial charge < -0.3 is 34.1 Å². The number of nitrogens with one attached hydrogen (secondary N) is 1. The van der Waals surface area contributed by atoms with Crippen LogP contribution >= 0.6 is 0 Å². The first-order valence-electron chi connectivity index (χ1n) is 12.6. The Morgan fingerprint density at radius 2 is 1.21 bits per heavy atom. The monoisotopic (exact) mass is 537 g/mol. The van der Waals surface area contributed by atoms with Crippen molar-refractivity contribution in [2.24, 2.45) is 0 Å². The molecular formula is C30H35NO8. The van der Waals surface area contributed by atoms with Gasteiger partial charge in [-0.1, -0.05) is 91.0 Å². The zero-order chi connectivity index (χ0) is 27.7. The van der Waals surface area contributed by atoms with Crippen LogP contribution < -0.4 is 5.32 Å². The second-order valence-electron chi connectivity index (χ2n) is 8.67. The Hall–Kier alpha value is -3.76. The summed E-state index contributed by atoms with van der Waals surface area (Å²) in [5, 5.41) is 12.5. The molecule has 3 aromatic carbocycles. The predicted molar refractivity (Wildman–Crippen MR) is 144 cm³/mol. The highest BCUT2D eigenvalue weighted by Crippen LogP contribution is 2.13. The molecule has 1 amide bonds. The Labute approximate surface area is 228 Å². The minimum atomic E-state index is -1.11. The summed E-state index contributed by atoms with van der Waals surface area (Å²) in [6.07, 6.45) is -2.15. The SMILES string of the molecule is COC(=O)C(COC[C@H](OCc1ccccc1)[C@H](CO)OCc1ccccc1)NC(=O)OCc1ccccc1. The first-order chi connectivity index (χ1) is 19.1. The Balaban J connectivity index is 1.57. The lowest BCUT2D eigenvalue weighted by atomic mass is 10.2. The molecule has 0 saturated carbocycles. The van der Waals surface area contributed by atoms with Gasteiger partial charge in [-0.3, -0.25) is 0 Å². The van der Waals surface area contributed by atoms with E-state index in [2.05, 4.69) is 5.32 Å². The van der Waals surface area contributed by atoms with E-state index in [0.717, 1.165) is 16.7 Å². The fourth-order valence-electron chi connectivity index (χ4n) is 3.62. The average molecular weight is 538 g/mol. The van der Waals surface area contributed by atoms with E-state index in [1.807, 2.05) is 91.0 Å². The van der Waals surface area contributed by atoms with Crippen LogP contribution in [0.3, 0.4) is 0 Å². The molecule has 0 aliphatic carbocycles. The maximum Gasteiger partial charge on any atom is 0.408 e. The molecule has 0 heterocycles. The van der Waals surface area contributed by atoms with Crippen LogP contribution in [0.5, 0.6) is 0 Å². The van der Waals surface area contributed by atoms with Gasteiger partial charge in [0.1, 0.15) is 18.8 Å². The second kappa shape index (κ2) is 17.0. The highest BCUT2D eigenvalue weighted by molar-refractivity contribution is 5.81. The molecule has 208 valence electrons. The van der Waals surface area contributed by atoms with Crippen molar-refractivity contribution < 1.29 is 38.4 Å². The molecule has 0 spiro atoms. The number of benzene rings is 3. The Kier molecular flexibility index (Phi) is 12.9. The molecular weight excluding hydrogens is 502 g/mol. The van der Waals surface area contributed by atoms with Crippen LogP contribution in [0.25, 0.3) is 0 Å². The number of rotatable bonds is 16. The number of aliphatic hydroxyl groups excluding tert-OH is 1. The van der Waals surface area contributed by atoms with Crippen molar-refractivity contribution in [3.8, 4) is 0 Å². The van der Waals surface area contributed by atoms with Crippen LogP contribution in [0, 0.1) is 0 Å². The van der Waals surface area contributed by atoms with Crippen molar-refractivity contribution in [3.63, 3.8) is 0 Å². The molecule has 1 unspecified atom stereocenters. The summed E-state index contributed by atoms with van der Waals surface area (Å²) in [5.41, 5.74) is 2.70. The maximum atomic E-state index is 12.3. The summed E-state index contributed by atoms with van der Waals surface area (Å²) in [6, 6.07) is 27.2. The Bertz CT molecular complexity index is 1100. The molecule has 2 N–H and O–H groups in total. The first kappa shape index (κ1) is 29.8. The fraction of sp³-hybridized carbons (Fsp3) is 0.333. The summed E-state index contributed by atoms with van der Waals surface area (Å²) in [6.45, 7) is 0.0749. The number of amides is 1. The van der Waals surface area contributed by atoms with E-state index in [4.69, 9.17) is 23.7 Å². The largest absolute Gasteiger partial charge is 0.467 e. The molecule has 0 aliphatic rings. The van der Waals surface area contributed by atoms with Gasteiger partial charge in [0.05, 0.1) is 40.1 Å². The lowest BCUT2D eigenvalue weighted by Gasteiger charge is -2.27. The molecule has 9 nitrogen and oxygen atoms in total. The van der Waals surface area contributed by atoms with E-state index in [1.54, 1.807) is 0 Å². The Morgan fingerprint density at radius 3 is 1.69 bits per heavy atom. The van der Waals surface area contributed by atoms with Gasteiger partial charge in [0.2, 0.25) is 0 Å². The van der Waals surface area contributed by atoms with Crippen molar-refractivity contribution >= 4 is 12.1 Å². The van der Waals surface area contributed by atoms with Gasteiger partial charge in [-0.15, -0.1) is 0 Å². The smallest absolute Gasteiger partial charge is 0.408 e. The molecule has 3 aromatic rings. The minimum absolute atomic E-state index is 0.0128. The van der Waals surface area contributed by atoms with Crippen molar-refractivity contribution in [1.82, 2.24) is 5.32 Å². The lowest BCUT2D eigenvalue weighted by Crippen LogP contribution is -2.46. The van der Waals surface area contributed by atoms with E-state index in [9.17, 15) is 14.7 Å². The number of carbonyl (C=O) groups excluding carboxylic acids is 2. The highest BCUT2D eigenvalue weighted by atomic mass is 16.6. The van der Waals surface area contributed by atoms with Crippen LogP contribution in [0.1, 0.15) is 16.7 Å². The molecule has 3 rings (SSSR count). The molecule has 0 saturated heterocycles. The fourth-order valence-corrected chi connectivity index (χ4v) is 3.62. The van der Waals surface area contributed by atoms with Gasteiger partial charge in [0, 0.05) is 0 Å². The summed E-state index contributed by atoms with van der Waals surface area (Å²) in [5.74, 6) is -0.688. The third kappa shape index (κ3) is 10.9. The first-order valence-corrected chi connectivity index (χ1v) is 12.6. The Morgan fingerprint density at radius 1 is 0.718 bits per heavy atom. The molecule has 3 atom stereocenters. The van der Waals surface area contributed by atoms with Crippen molar-refractivity contribution in [2.45, 2.75) is 38.1 Å². The van der Waals surface area contributed by atoms with Crippen LogP contribution in [0.15, 0.2) is 91.0 Å². The summed E-state index contributed by atoms with van der Waals surface area (Å²) in [4.78, 5) is 24.6. The number of ether oxygens (including phenoxy) is 5. The quantitative estimate of drug-likeness (QED) is 0.267. The van der Waals surface area contributed by atoms with Crippen molar-refractivity contribution in [1.29, 1.82) is 0 Å². The maximum absolute atomic E-state index is 12.3. The van der Waals surface area contributed by atoms with Gasteiger partial charge in [0.25, 0.3) is 0 Å². The molecule has 39 heavy (non-hydrogen) atoms. The third-order valence-corrected chi connectivity index (χ3v) is 5.77. The molecule has 0 radical (unpaired) electrons. The molecule has 0 aromatic heterocycles. The van der Waals surface area contributed by atoms with E-state index in [0.29, 0.717) is 0 Å². The standard InChI is InChI=1S/C30H35NO8/c1-35-29(33)26(31-30(34)39-20-25-15-9-4-10-16-25)21-36-22-28(38-19-24-13-7-3-8-14-24)27(17-32)37-18-23-11-5-2-6-12-23/h2-16,26-28,32H,17-22H2,1H3,(H,31,34)/t26?,27-,28-/m0/s1. The number of esters is 1. The van der Waals surface area contributed by atoms with Crippen LogP contribution in [0.4, 0.5) is 4.79 Å². The number of carbonyl (C=O) groups is 2. The van der Waals surface area contributed by atoms with Crippen LogP contribution in [0.2, 0.25) is 0 Å². The van der Waals surface area contributed by atoms with Gasteiger partial charge in [-0.25, -0.2) is 9.59 Å². The van der Waals surface area contributed by atoms with Gasteiger partial charge in [0.15, 0.2) is 6.04 Å². The molecule has 0 aliphatic heterocycles. The van der Waals surface area contributed by atoms with Crippen LogP contribution in [-0.2, 0) is 48.3 Å². The number of methoxy groups -OCH3 is 1. The van der Waals surface area contributed by atoms with E-state index in [1.165, 1.54) is 7.11 Å². The normalized spacial score (nSPS) is 13.2. The zero-order valence-corrected chi connectivity index (χ0v) is 21.9. The second-order valence-corrected chi connectivity index (χ2v) is 8.67. The average Bonchev–Trinajstić information content (AvgIpc) is 2.99. The third-order valence-electron chi connectivity index (χ3n) is 5.77. The summed E-state index contributed by atoms with van der Waals surface area (Å²) < 4.78 is 27.8. The lowest BCUT2D eigenvalue weighted by molar-refractivity contribution is -0.148. The number of alkyl carbamates (subject to hydrolysis) is 1. The molecule has 0 fully saturated rings. The topological polar surface area (TPSA) is 113 Å². The number of hydrogen-bond donors (Lipinski definition) is 2. The molecule has 9 heteroatoms. The summed E-state index contributed by atoms with van der Waals surface area (Å²) >= 11 is 0. The zero-order valence-electron chi connectivity index (χ0n) is 21.9. The number of aliphatic hydroxyl groups is 1.